The fourth-order valence-electron chi connectivity index (χ4n) is 1.48. The van der Waals surface area contributed by atoms with Crippen molar-refractivity contribution < 1.29 is 5.11 Å². The van der Waals surface area contributed by atoms with E-state index in [2.05, 4.69) is 25.7 Å². The summed E-state index contributed by atoms with van der Waals surface area (Å²) in [6.45, 7) is 9.28. The molecular formula is C11H23N7O. The van der Waals surface area contributed by atoms with E-state index in [1.807, 2.05) is 32.6 Å². The maximum absolute atomic E-state index is 9.27. The standard InChI is InChI=1S/C11H23N7O/c1-5-18(6-2)10-14-8(13-9(15-10)17-12)16-11(3,4)7-19/h19H,5-7,12H2,1-4H3,(H2,13,14,15,16,17). The zero-order valence-corrected chi connectivity index (χ0v) is 11.9. The second-order valence-corrected chi connectivity index (χ2v) is 4.77. The first kappa shape index (κ1) is 15.4. The number of hydrazine groups is 1. The normalized spacial score (nSPS) is 11.3. The van der Waals surface area contributed by atoms with Gasteiger partial charge >= 0.3 is 0 Å². The van der Waals surface area contributed by atoms with E-state index < -0.39 is 5.54 Å². The number of rotatable bonds is 7. The molecule has 0 fully saturated rings. The summed E-state index contributed by atoms with van der Waals surface area (Å²) in [6.07, 6.45) is 0. The van der Waals surface area contributed by atoms with Crippen LogP contribution in [0.5, 0.6) is 0 Å². The summed E-state index contributed by atoms with van der Waals surface area (Å²) in [6, 6.07) is 0. The molecule has 0 aliphatic heterocycles. The van der Waals surface area contributed by atoms with Crippen LogP contribution in [0.25, 0.3) is 0 Å². The van der Waals surface area contributed by atoms with Gasteiger partial charge in [-0.25, -0.2) is 5.84 Å². The average Bonchev–Trinajstić information content (AvgIpc) is 2.39. The highest BCUT2D eigenvalue weighted by molar-refractivity contribution is 5.44. The van der Waals surface area contributed by atoms with Crippen molar-refractivity contribution in [3.63, 3.8) is 0 Å². The summed E-state index contributed by atoms with van der Waals surface area (Å²) in [7, 11) is 0. The Hall–Kier alpha value is -1.67. The minimum atomic E-state index is -0.520. The Kier molecular flexibility index (Phi) is 5.25. The lowest BCUT2D eigenvalue weighted by Crippen LogP contribution is -2.36. The second kappa shape index (κ2) is 6.48. The molecule has 0 unspecified atom stereocenters. The number of aliphatic hydroxyl groups is 1. The molecule has 5 N–H and O–H groups in total. The minimum absolute atomic E-state index is 0.0370. The molecule has 1 aromatic rings. The SMILES string of the molecule is CCN(CC)c1nc(NN)nc(NC(C)(C)CO)n1. The highest BCUT2D eigenvalue weighted by Gasteiger charge is 2.19. The molecule has 8 heteroatoms. The Morgan fingerprint density at radius 1 is 1.16 bits per heavy atom. The van der Waals surface area contributed by atoms with Gasteiger partial charge in [-0.2, -0.15) is 15.0 Å². The summed E-state index contributed by atoms with van der Waals surface area (Å²) in [4.78, 5) is 14.7. The lowest BCUT2D eigenvalue weighted by atomic mass is 10.1. The summed E-state index contributed by atoms with van der Waals surface area (Å²) >= 11 is 0. The molecule has 108 valence electrons. The minimum Gasteiger partial charge on any atom is -0.394 e. The molecular weight excluding hydrogens is 246 g/mol. The highest BCUT2D eigenvalue weighted by Crippen LogP contribution is 2.16. The number of hydrogen-bond donors (Lipinski definition) is 4. The predicted molar refractivity (Wildman–Crippen MR) is 76.0 cm³/mol. The van der Waals surface area contributed by atoms with Crippen molar-refractivity contribution in [3.8, 4) is 0 Å². The van der Waals surface area contributed by atoms with Gasteiger partial charge in [0.15, 0.2) is 0 Å². The molecule has 1 heterocycles. The van der Waals surface area contributed by atoms with Crippen LogP contribution in [0.4, 0.5) is 17.8 Å². The molecule has 19 heavy (non-hydrogen) atoms. The first-order valence-electron chi connectivity index (χ1n) is 6.32. The number of aromatic nitrogens is 3. The Morgan fingerprint density at radius 2 is 1.74 bits per heavy atom. The molecule has 1 aromatic heterocycles. The summed E-state index contributed by atoms with van der Waals surface area (Å²) in [5.74, 6) is 6.58. The van der Waals surface area contributed by atoms with Crippen LogP contribution >= 0.6 is 0 Å². The van der Waals surface area contributed by atoms with Crippen LogP contribution in [-0.2, 0) is 0 Å². The van der Waals surface area contributed by atoms with Crippen molar-refractivity contribution in [2.24, 2.45) is 5.84 Å². The molecule has 0 spiro atoms. The molecule has 0 radical (unpaired) electrons. The molecule has 0 saturated heterocycles. The van der Waals surface area contributed by atoms with Gasteiger partial charge in [0.1, 0.15) is 0 Å². The molecule has 0 amide bonds. The summed E-state index contributed by atoms with van der Waals surface area (Å²) in [5.41, 5.74) is 1.90. The number of nitrogen functional groups attached to an aromatic ring is 1. The zero-order valence-electron chi connectivity index (χ0n) is 11.9. The van der Waals surface area contributed by atoms with Gasteiger partial charge in [-0.15, -0.1) is 0 Å². The molecule has 0 aliphatic carbocycles. The third-order valence-corrected chi connectivity index (χ3v) is 2.64. The molecule has 0 bridgehead atoms. The molecule has 8 nitrogen and oxygen atoms in total. The molecule has 0 aliphatic rings. The van der Waals surface area contributed by atoms with Crippen LogP contribution in [0.15, 0.2) is 0 Å². The quantitative estimate of drug-likeness (QED) is 0.410. The monoisotopic (exact) mass is 269 g/mol. The smallest absolute Gasteiger partial charge is 0.243 e. The van der Waals surface area contributed by atoms with E-state index >= 15 is 0 Å². The van der Waals surface area contributed by atoms with Gasteiger partial charge < -0.3 is 15.3 Å². The van der Waals surface area contributed by atoms with Gasteiger partial charge in [0, 0.05) is 13.1 Å². The third kappa shape index (κ3) is 4.18. The van der Waals surface area contributed by atoms with Crippen molar-refractivity contribution in [2.45, 2.75) is 33.2 Å². The van der Waals surface area contributed by atoms with Crippen molar-refractivity contribution in [3.05, 3.63) is 0 Å². The number of nitrogens with one attached hydrogen (secondary N) is 2. The summed E-state index contributed by atoms with van der Waals surface area (Å²) in [5, 5.41) is 12.3. The maximum Gasteiger partial charge on any atom is 0.243 e. The fourth-order valence-corrected chi connectivity index (χ4v) is 1.48. The maximum atomic E-state index is 9.27. The van der Waals surface area contributed by atoms with E-state index in [0.29, 0.717) is 11.9 Å². The van der Waals surface area contributed by atoms with E-state index in [0.717, 1.165) is 13.1 Å². The van der Waals surface area contributed by atoms with Gasteiger partial charge in [-0.3, -0.25) is 5.43 Å². The average molecular weight is 269 g/mol. The van der Waals surface area contributed by atoms with Crippen LogP contribution < -0.4 is 21.5 Å². The van der Waals surface area contributed by atoms with Crippen molar-refractivity contribution in [1.29, 1.82) is 0 Å². The number of nitrogens with zero attached hydrogens (tertiary/aromatic N) is 4. The van der Waals surface area contributed by atoms with Crippen LogP contribution in [0.2, 0.25) is 0 Å². The molecule has 1 rings (SSSR count). The predicted octanol–water partition coefficient (Wildman–Crippen LogP) is 0.186. The Labute approximate surface area is 113 Å². The number of nitrogens with two attached hydrogens (primary N) is 1. The largest absolute Gasteiger partial charge is 0.394 e. The van der Waals surface area contributed by atoms with Crippen LogP contribution in [0.1, 0.15) is 27.7 Å². The van der Waals surface area contributed by atoms with Crippen molar-refractivity contribution >= 4 is 17.8 Å². The van der Waals surface area contributed by atoms with Gasteiger partial charge in [0.2, 0.25) is 17.8 Å². The fraction of sp³-hybridized carbons (Fsp3) is 0.727. The van der Waals surface area contributed by atoms with E-state index in [-0.39, 0.29) is 12.6 Å². The first-order chi connectivity index (χ1) is 8.95. The molecule has 0 atom stereocenters. The van der Waals surface area contributed by atoms with E-state index in [9.17, 15) is 5.11 Å². The highest BCUT2D eigenvalue weighted by atomic mass is 16.3. The van der Waals surface area contributed by atoms with Crippen molar-refractivity contribution in [1.82, 2.24) is 15.0 Å². The van der Waals surface area contributed by atoms with Gasteiger partial charge in [0.25, 0.3) is 0 Å². The van der Waals surface area contributed by atoms with E-state index in [1.54, 1.807) is 0 Å². The second-order valence-electron chi connectivity index (χ2n) is 4.77. The molecule has 0 aromatic carbocycles. The van der Waals surface area contributed by atoms with E-state index in [1.165, 1.54) is 0 Å². The number of anilines is 3. The number of hydrogen-bond acceptors (Lipinski definition) is 8. The topological polar surface area (TPSA) is 112 Å². The lowest BCUT2D eigenvalue weighted by molar-refractivity contribution is 0.233. The lowest BCUT2D eigenvalue weighted by Gasteiger charge is -2.25. The number of aliphatic hydroxyl groups excluding tert-OH is 1. The zero-order chi connectivity index (χ0) is 14.5. The summed E-state index contributed by atoms with van der Waals surface area (Å²) < 4.78 is 0. The van der Waals surface area contributed by atoms with Crippen LogP contribution in [0.3, 0.4) is 0 Å². The Bertz CT molecular complexity index is 406. The van der Waals surface area contributed by atoms with Gasteiger partial charge in [0.05, 0.1) is 12.1 Å². The van der Waals surface area contributed by atoms with Crippen LogP contribution in [0, 0.1) is 0 Å². The molecule has 0 saturated carbocycles. The third-order valence-electron chi connectivity index (χ3n) is 2.64. The first-order valence-corrected chi connectivity index (χ1v) is 6.32. The van der Waals surface area contributed by atoms with Gasteiger partial charge in [-0.05, 0) is 27.7 Å². The van der Waals surface area contributed by atoms with Crippen LogP contribution in [-0.4, -0.2) is 45.3 Å². The van der Waals surface area contributed by atoms with Gasteiger partial charge in [-0.1, -0.05) is 0 Å². The van der Waals surface area contributed by atoms with E-state index in [4.69, 9.17) is 5.84 Å². The Balaban J connectivity index is 3.08. The Morgan fingerprint density at radius 3 is 2.21 bits per heavy atom. The van der Waals surface area contributed by atoms with Crippen molar-refractivity contribution in [2.75, 3.05) is 35.3 Å².